The van der Waals surface area contributed by atoms with E-state index in [0.717, 1.165) is 43.8 Å². The number of benzene rings is 2. The van der Waals surface area contributed by atoms with Crippen molar-refractivity contribution in [3.8, 4) is 11.1 Å². The third-order valence-corrected chi connectivity index (χ3v) is 5.82. The molecule has 2 heteroatoms. The van der Waals surface area contributed by atoms with E-state index in [-0.39, 0.29) is 0 Å². The van der Waals surface area contributed by atoms with E-state index in [1.807, 2.05) is 12.1 Å². The number of methoxy groups -OCH3 is 1. The number of carbonyl (C=O) groups is 1. The second kappa shape index (κ2) is 9.85. The molecule has 0 saturated heterocycles. The molecule has 0 amide bonds. The largest absolute Gasteiger partial charge is 0.385 e. The molecule has 0 N–H and O–H groups in total. The average Bonchev–Trinajstić information content (AvgIpc) is 3.07. The fraction of sp³-hybridized carbons (Fsp3) is 0.480. The van der Waals surface area contributed by atoms with E-state index >= 15 is 0 Å². The summed E-state index contributed by atoms with van der Waals surface area (Å²) < 4.78 is 5.14. The standard InChI is InChI=1S/C25H32O2/c1-19(16-17-27-2)10-5-3-4-6-15-25(26)23-14-9-13-22-21-12-8-7-11-20(21)18-24(22)23/h7-9,11-14,19H,3-6,10,15-18H2,1-2H3. The molecule has 0 saturated carbocycles. The van der Waals surface area contributed by atoms with Crippen LogP contribution in [-0.4, -0.2) is 19.5 Å². The Morgan fingerprint density at radius 1 is 0.963 bits per heavy atom. The smallest absolute Gasteiger partial charge is 0.163 e. The lowest BCUT2D eigenvalue weighted by Crippen LogP contribution is -2.03. The van der Waals surface area contributed by atoms with Gasteiger partial charge in [-0.2, -0.15) is 0 Å². The van der Waals surface area contributed by atoms with Crippen molar-refractivity contribution in [3.05, 3.63) is 59.2 Å². The molecule has 1 atom stereocenters. The van der Waals surface area contributed by atoms with Gasteiger partial charge in [0.2, 0.25) is 0 Å². The second-order valence-electron chi connectivity index (χ2n) is 7.93. The van der Waals surface area contributed by atoms with Gasteiger partial charge < -0.3 is 4.74 Å². The van der Waals surface area contributed by atoms with Gasteiger partial charge in [-0.15, -0.1) is 0 Å². The number of carbonyl (C=O) groups excluding carboxylic acids is 1. The van der Waals surface area contributed by atoms with Crippen LogP contribution in [0, 0.1) is 5.92 Å². The Bertz CT molecular complexity index is 763. The van der Waals surface area contributed by atoms with Gasteiger partial charge in [0, 0.05) is 25.7 Å². The number of Topliss-reactive ketones (excluding diaryl/α,β-unsaturated/α-hetero) is 1. The molecule has 1 unspecified atom stereocenters. The van der Waals surface area contributed by atoms with E-state index < -0.39 is 0 Å². The summed E-state index contributed by atoms with van der Waals surface area (Å²) in [6.45, 7) is 3.16. The van der Waals surface area contributed by atoms with Gasteiger partial charge in [-0.1, -0.05) is 75.1 Å². The van der Waals surface area contributed by atoms with Crippen molar-refractivity contribution in [2.75, 3.05) is 13.7 Å². The average molecular weight is 365 g/mol. The van der Waals surface area contributed by atoms with Crippen LogP contribution in [0.1, 0.15) is 73.4 Å². The summed E-state index contributed by atoms with van der Waals surface area (Å²) in [5.74, 6) is 1.05. The highest BCUT2D eigenvalue weighted by Crippen LogP contribution is 2.38. The van der Waals surface area contributed by atoms with E-state index in [2.05, 4.69) is 37.3 Å². The number of ketones is 1. The molecule has 2 aromatic rings. The third kappa shape index (κ3) is 5.07. The number of hydrogen-bond acceptors (Lipinski definition) is 2. The summed E-state index contributed by atoms with van der Waals surface area (Å²) in [6.07, 6.45) is 8.62. The number of rotatable bonds is 11. The van der Waals surface area contributed by atoms with E-state index in [9.17, 15) is 4.79 Å². The van der Waals surface area contributed by atoms with Gasteiger partial charge in [-0.05, 0) is 47.4 Å². The molecule has 0 bridgehead atoms. The minimum absolute atomic E-state index is 0.313. The van der Waals surface area contributed by atoms with Crippen molar-refractivity contribution in [2.45, 2.75) is 58.3 Å². The quantitative estimate of drug-likeness (QED) is 0.288. The van der Waals surface area contributed by atoms with E-state index in [1.165, 1.54) is 41.5 Å². The highest BCUT2D eigenvalue weighted by Gasteiger charge is 2.22. The highest BCUT2D eigenvalue weighted by atomic mass is 16.5. The first kappa shape index (κ1) is 19.8. The molecular formula is C25H32O2. The Morgan fingerprint density at radius 2 is 1.74 bits per heavy atom. The minimum Gasteiger partial charge on any atom is -0.385 e. The summed E-state index contributed by atoms with van der Waals surface area (Å²) in [7, 11) is 1.77. The maximum absolute atomic E-state index is 12.8. The van der Waals surface area contributed by atoms with Crippen LogP contribution in [0.2, 0.25) is 0 Å². The molecule has 2 aromatic carbocycles. The van der Waals surface area contributed by atoms with E-state index in [0.29, 0.717) is 12.2 Å². The zero-order chi connectivity index (χ0) is 19.1. The van der Waals surface area contributed by atoms with Crippen LogP contribution >= 0.6 is 0 Å². The van der Waals surface area contributed by atoms with Gasteiger partial charge in [0.1, 0.15) is 0 Å². The molecule has 1 aliphatic carbocycles. The van der Waals surface area contributed by atoms with Crippen molar-refractivity contribution < 1.29 is 9.53 Å². The van der Waals surface area contributed by atoms with Gasteiger partial charge in [0.15, 0.2) is 5.78 Å². The summed E-state index contributed by atoms with van der Waals surface area (Å²) in [6, 6.07) is 14.7. The second-order valence-corrected chi connectivity index (χ2v) is 7.93. The molecule has 0 aliphatic heterocycles. The number of fused-ring (bicyclic) bond motifs is 3. The van der Waals surface area contributed by atoms with Crippen LogP contribution in [0.15, 0.2) is 42.5 Å². The van der Waals surface area contributed by atoms with Crippen LogP contribution in [0.5, 0.6) is 0 Å². The van der Waals surface area contributed by atoms with Gasteiger partial charge in [-0.3, -0.25) is 4.79 Å². The van der Waals surface area contributed by atoms with Crippen LogP contribution in [-0.2, 0) is 11.2 Å². The predicted molar refractivity (Wildman–Crippen MR) is 112 cm³/mol. The van der Waals surface area contributed by atoms with Crippen molar-refractivity contribution in [3.63, 3.8) is 0 Å². The Hall–Kier alpha value is -1.93. The Kier molecular flexibility index (Phi) is 7.23. The summed E-state index contributed by atoms with van der Waals surface area (Å²) in [5, 5.41) is 0. The highest BCUT2D eigenvalue weighted by molar-refractivity contribution is 6.00. The normalized spacial score (nSPS) is 13.3. The number of ether oxygens (including phenoxy) is 1. The Balaban J connectivity index is 1.45. The fourth-order valence-corrected chi connectivity index (χ4v) is 4.15. The molecule has 0 fully saturated rings. The van der Waals surface area contributed by atoms with Gasteiger partial charge in [0.25, 0.3) is 0 Å². The van der Waals surface area contributed by atoms with Crippen LogP contribution in [0.4, 0.5) is 0 Å². The van der Waals surface area contributed by atoms with Crippen LogP contribution in [0.25, 0.3) is 11.1 Å². The monoisotopic (exact) mass is 364 g/mol. The lowest BCUT2D eigenvalue weighted by atomic mass is 9.95. The molecular weight excluding hydrogens is 332 g/mol. The molecule has 144 valence electrons. The van der Waals surface area contributed by atoms with Gasteiger partial charge in [-0.25, -0.2) is 0 Å². The maximum Gasteiger partial charge on any atom is 0.163 e. The predicted octanol–water partition coefficient (Wildman–Crippen LogP) is 6.45. The first-order valence-electron chi connectivity index (χ1n) is 10.4. The lowest BCUT2D eigenvalue weighted by molar-refractivity contribution is 0.0978. The van der Waals surface area contributed by atoms with Gasteiger partial charge in [0.05, 0.1) is 0 Å². The van der Waals surface area contributed by atoms with Crippen LogP contribution < -0.4 is 0 Å². The molecule has 0 spiro atoms. The molecule has 0 radical (unpaired) electrons. The summed E-state index contributed by atoms with van der Waals surface area (Å²) in [4.78, 5) is 12.8. The molecule has 0 heterocycles. The van der Waals surface area contributed by atoms with E-state index in [4.69, 9.17) is 4.74 Å². The zero-order valence-electron chi connectivity index (χ0n) is 16.8. The molecule has 2 nitrogen and oxygen atoms in total. The van der Waals surface area contributed by atoms with Crippen molar-refractivity contribution in [2.24, 2.45) is 5.92 Å². The summed E-state index contributed by atoms with van der Waals surface area (Å²) >= 11 is 0. The maximum atomic E-state index is 12.8. The third-order valence-electron chi connectivity index (χ3n) is 5.82. The first-order valence-corrected chi connectivity index (χ1v) is 10.4. The first-order chi connectivity index (χ1) is 13.2. The number of hydrogen-bond donors (Lipinski definition) is 0. The molecule has 27 heavy (non-hydrogen) atoms. The molecule has 0 aromatic heterocycles. The van der Waals surface area contributed by atoms with E-state index in [1.54, 1.807) is 7.11 Å². The zero-order valence-corrected chi connectivity index (χ0v) is 16.8. The Morgan fingerprint density at radius 3 is 2.59 bits per heavy atom. The van der Waals surface area contributed by atoms with Crippen molar-refractivity contribution >= 4 is 5.78 Å². The molecule has 1 aliphatic rings. The van der Waals surface area contributed by atoms with Crippen molar-refractivity contribution in [1.82, 2.24) is 0 Å². The van der Waals surface area contributed by atoms with Crippen LogP contribution in [0.3, 0.4) is 0 Å². The minimum atomic E-state index is 0.313. The SMILES string of the molecule is COCCC(C)CCCCCCC(=O)c1cccc2c1Cc1ccccc1-2. The fourth-order valence-electron chi connectivity index (χ4n) is 4.15. The van der Waals surface area contributed by atoms with Crippen molar-refractivity contribution in [1.29, 1.82) is 0 Å². The topological polar surface area (TPSA) is 26.3 Å². The summed E-state index contributed by atoms with van der Waals surface area (Å²) in [5.41, 5.74) is 6.06. The van der Waals surface area contributed by atoms with Gasteiger partial charge >= 0.3 is 0 Å². The number of unbranched alkanes of at least 4 members (excludes halogenated alkanes) is 3. The Labute approximate surface area is 164 Å². The lowest BCUT2D eigenvalue weighted by Gasteiger charge is -2.10. The molecule has 3 rings (SSSR count).